The Labute approximate surface area is 327 Å². The van der Waals surface area contributed by atoms with E-state index >= 15 is 0 Å². The van der Waals surface area contributed by atoms with Crippen LogP contribution in [0.15, 0.2) is 0 Å². The predicted octanol–water partition coefficient (Wildman–Crippen LogP) is -12.6. The minimum atomic E-state index is -2.17. The van der Waals surface area contributed by atoms with E-state index in [0.29, 0.717) is 0 Å². The van der Waals surface area contributed by atoms with Gasteiger partial charge < -0.3 is 135 Å². The van der Waals surface area contributed by atoms with Crippen LogP contribution in [0.2, 0.25) is 0 Å². The molecule has 5 aliphatic rings. The van der Waals surface area contributed by atoms with Crippen molar-refractivity contribution in [1.82, 2.24) is 0 Å². The van der Waals surface area contributed by atoms with Gasteiger partial charge in [-0.1, -0.05) is 0 Å². The van der Waals surface area contributed by atoms with Gasteiger partial charge in [-0.25, -0.2) is 0 Å². The molecule has 0 aliphatic carbocycles. The van der Waals surface area contributed by atoms with E-state index in [1.165, 1.54) is 0 Å². The first kappa shape index (κ1) is 48.0. The third-order valence-electron chi connectivity index (χ3n) is 10.7. The largest absolute Gasteiger partial charge is 0.394 e. The Balaban J connectivity index is 1.27. The molecule has 5 fully saturated rings. The molecule has 0 aromatic carbocycles. The average molecular weight is 859 g/mol. The molecule has 0 aromatic heterocycles. The fourth-order valence-electron chi connectivity index (χ4n) is 7.22. The summed E-state index contributed by atoms with van der Waals surface area (Å²) in [6, 6.07) is 0. The summed E-state index contributed by atoms with van der Waals surface area (Å²) < 4.78 is 49.3. The summed E-state index contributed by atoms with van der Waals surface area (Å²) in [6.45, 7) is -4.76. The topological polar surface area (TPSA) is 447 Å². The molecule has 0 amide bonds. The predicted molar refractivity (Wildman–Crippen MR) is 173 cm³/mol. The molecule has 0 saturated carbocycles. The zero-order valence-corrected chi connectivity index (χ0v) is 30.3. The number of ether oxygens (including phenoxy) is 9. The molecule has 340 valence electrons. The Kier molecular flexibility index (Phi) is 16.9. The molecular formula is C31H54O27. The van der Waals surface area contributed by atoms with Crippen LogP contribution in [0.4, 0.5) is 0 Å². The van der Waals surface area contributed by atoms with Crippen molar-refractivity contribution in [2.24, 2.45) is 0 Å². The van der Waals surface area contributed by atoms with Crippen LogP contribution in [0.25, 0.3) is 0 Å². The Hall–Kier alpha value is -1.08. The van der Waals surface area contributed by atoms with Gasteiger partial charge in [-0.2, -0.15) is 0 Å². The second kappa shape index (κ2) is 20.4. The highest BCUT2D eigenvalue weighted by atomic mass is 16.8. The van der Waals surface area contributed by atoms with Gasteiger partial charge in [0, 0.05) is 0 Å². The van der Waals surface area contributed by atoms with Crippen LogP contribution in [0.3, 0.4) is 0 Å². The number of aliphatic hydroxyl groups is 18. The van der Waals surface area contributed by atoms with E-state index in [1.54, 1.807) is 0 Å². The lowest BCUT2D eigenvalue weighted by atomic mass is 9.94. The molecule has 0 radical (unpaired) electrons. The average Bonchev–Trinajstić information content (AvgIpc) is 3.21. The van der Waals surface area contributed by atoms with Crippen LogP contribution < -0.4 is 0 Å². The summed E-state index contributed by atoms with van der Waals surface area (Å²) in [4.78, 5) is 0. The third kappa shape index (κ3) is 9.61. The Bertz CT molecular complexity index is 1250. The highest BCUT2D eigenvalue weighted by molar-refractivity contribution is 4.99. The zero-order chi connectivity index (χ0) is 42.9. The van der Waals surface area contributed by atoms with Crippen LogP contribution in [0.1, 0.15) is 0 Å². The van der Waals surface area contributed by atoms with Gasteiger partial charge in [0.05, 0.1) is 33.0 Å². The van der Waals surface area contributed by atoms with Crippen molar-refractivity contribution in [3.63, 3.8) is 0 Å². The molecule has 5 aliphatic heterocycles. The maximum atomic E-state index is 11.1. The quantitative estimate of drug-likeness (QED) is 0.0771. The molecule has 5 heterocycles. The highest BCUT2D eigenvalue weighted by Gasteiger charge is 2.56. The summed E-state index contributed by atoms with van der Waals surface area (Å²) >= 11 is 0. The van der Waals surface area contributed by atoms with Gasteiger partial charge in [-0.05, 0) is 0 Å². The lowest BCUT2D eigenvalue weighted by Gasteiger charge is -2.49. The number of hydrogen-bond donors (Lipinski definition) is 18. The minimum Gasteiger partial charge on any atom is -0.394 e. The van der Waals surface area contributed by atoms with E-state index in [4.69, 9.17) is 42.6 Å². The molecule has 18 N–H and O–H groups in total. The first-order valence-electron chi connectivity index (χ1n) is 18.2. The molecule has 0 unspecified atom stereocenters. The van der Waals surface area contributed by atoms with E-state index in [1.807, 2.05) is 0 Å². The summed E-state index contributed by atoms with van der Waals surface area (Å²) in [5, 5.41) is 186. The molecule has 58 heavy (non-hydrogen) atoms. The Morgan fingerprint density at radius 2 is 0.690 bits per heavy atom. The van der Waals surface area contributed by atoms with Gasteiger partial charge in [0.1, 0.15) is 128 Å². The Morgan fingerprint density at radius 1 is 0.345 bits per heavy atom. The van der Waals surface area contributed by atoms with E-state index in [0.717, 1.165) is 0 Å². The van der Waals surface area contributed by atoms with Crippen molar-refractivity contribution < 1.29 is 135 Å². The second-order valence-corrected chi connectivity index (χ2v) is 14.4. The zero-order valence-electron chi connectivity index (χ0n) is 30.3. The number of hydrogen-bond acceptors (Lipinski definition) is 27. The van der Waals surface area contributed by atoms with Crippen LogP contribution >= 0.6 is 0 Å². The normalized spacial score (nSPS) is 52.3. The van der Waals surface area contributed by atoms with E-state index in [9.17, 15) is 91.9 Å². The highest BCUT2D eigenvalue weighted by Crippen LogP contribution is 2.35. The van der Waals surface area contributed by atoms with Crippen molar-refractivity contribution in [3.05, 3.63) is 0 Å². The molecule has 26 atom stereocenters. The molecule has 0 aromatic rings. The molecule has 27 nitrogen and oxygen atoms in total. The van der Waals surface area contributed by atoms with Crippen LogP contribution in [0.5, 0.6) is 0 Å². The maximum Gasteiger partial charge on any atom is 0.187 e. The van der Waals surface area contributed by atoms with E-state index < -0.39 is 193 Å². The summed E-state index contributed by atoms with van der Waals surface area (Å²) in [5.41, 5.74) is 0. The van der Waals surface area contributed by atoms with Gasteiger partial charge in [-0.3, -0.25) is 0 Å². The van der Waals surface area contributed by atoms with Crippen molar-refractivity contribution >= 4 is 0 Å². The molecule has 5 rings (SSSR count). The smallest absolute Gasteiger partial charge is 0.187 e. The second-order valence-electron chi connectivity index (χ2n) is 14.4. The first-order chi connectivity index (χ1) is 27.4. The molecule has 27 heteroatoms. The third-order valence-corrected chi connectivity index (χ3v) is 10.7. The van der Waals surface area contributed by atoms with Gasteiger partial charge >= 0.3 is 0 Å². The SMILES string of the molecule is OC[C@H](O[C@@H]1O[C@H](CO)[C@@H](O[C@@H]2O[C@H](CO)[C@H](O[C@H]3O[C@H](CO)[C@H](O)[C@H](O)[C@H]3O)[C@H](O)[C@H]2O)[C@H](O)[C@H]1O)[C@H]1O[C@H](O)[C@@H](O)[C@@H](O)[C@@H]1O[C@@H]1O[C@H](CO)[C@@H](O)[C@H](O)[C@H]1O. The van der Waals surface area contributed by atoms with Gasteiger partial charge in [0.25, 0.3) is 0 Å². The van der Waals surface area contributed by atoms with E-state index in [2.05, 4.69) is 0 Å². The van der Waals surface area contributed by atoms with Crippen molar-refractivity contribution in [1.29, 1.82) is 0 Å². The first-order valence-corrected chi connectivity index (χ1v) is 18.2. The van der Waals surface area contributed by atoms with Crippen LogP contribution in [-0.2, 0) is 42.6 Å². The van der Waals surface area contributed by atoms with E-state index in [-0.39, 0.29) is 0 Å². The molecule has 0 spiro atoms. The fourth-order valence-corrected chi connectivity index (χ4v) is 7.22. The summed E-state index contributed by atoms with van der Waals surface area (Å²) in [5.74, 6) is 0. The maximum absolute atomic E-state index is 11.1. The summed E-state index contributed by atoms with van der Waals surface area (Å²) in [7, 11) is 0. The van der Waals surface area contributed by atoms with Gasteiger partial charge in [-0.15, -0.1) is 0 Å². The minimum absolute atomic E-state index is 0.821. The Morgan fingerprint density at radius 3 is 1.10 bits per heavy atom. The lowest BCUT2D eigenvalue weighted by Crippen LogP contribution is -2.68. The molecule has 0 bridgehead atoms. The van der Waals surface area contributed by atoms with Crippen molar-refractivity contribution in [3.8, 4) is 0 Å². The number of aliphatic hydroxyl groups excluding tert-OH is 18. The standard InChI is InChI=1S/C31H54O27/c32-1-6-11(37)13(39)19(45)29(50-6)56-24-9(4-35)53-31(22(48)17(24)43)57-23-8(3-34)52-28(21(47)16(23)42)54-10(5-36)25-26(15(41)18(44)27(49)55-25)58-30-20(46)14(40)12(38)7(2-33)51-30/h6-49H,1-5H2/t6-,7-,8-,9-,10+,11+,12-,13+,14+,15-,16-,17-,18+,19-,20-,21-,22-,23-,24+,25-,26+,27+,28+,29-,30+,31+/m1/s1. The monoisotopic (exact) mass is 858 g/mol. The fraction of sp³-hybridized carbons (Fsp3) is 1.00. The lowest BCUT2D eigenvalue weighted by molar-refractivity contribution is -0.389. The van der Waals surface area contributed by atoms with Gasteiger partial charge in [0.15, 0.2) is 31.5 Å². The number of rotatable bonds is 14. The van der Waals surface area contributed by atoms with Crippen molar-refractivity contribution in [2.75, 3.05) is 33.0 Å². The van der Waals surface area contributed by atoms with Gasteiger partial charge in [0.2, 0.25) is 0 Å². The molecular weight excluding hydrogens is 804 g/mol. The van der Waals surface area contributed by atoms with Crippen molar-refractivity contribution in [2.45, 2.75) is 160 Å². The van der Waals surface area contributed by atoms with Crippen LogP contribution in [-0.4, -0.2) is 285 Å². The summed E-state index contributed by atoms with van der Waals surface area (Å²) in [6.07, 6.45) is -49.3. The van der Waals surface area contributed by atoms with Crippen LogP contribution in [0, 0.1) is 0 Å². The molecule has 5 saturated heterocycles.